The highest BCUT2D eigenvalue weighted by Gasteiger charge is 2.49. The van der Waals surface area contributed by atoms with E-state index in [-0.39, 0.29) is 35.6 Å². The summed E-state index contributed by atoms with van der Waals surface area (Å²) in [6.07, 6.45) is 2.54. The first-order valence-corrected chi connectivity index (χ1v) is 13.1. The number of aromatic nitrogens is 2. The highest BCUT2D eigenvalue weighted by atomic mass is 32.2. The van der Waals surface area contributed by atoms with Crippen molar-refractivity contribution in [3.63, 3.8) is 0 Å². The van der Waals surface area contributed by atoms with Crippen LogP contribution in [0.25, 0.3) is 11.4 Å². The molecule has 4 N–H and O–H groups in total. The van der Waals surface area contributed by atoms with Gasteiger partial charge in [0.05, 0.1) is 10.6 Å². The van der Waals surface area contributed by atoms with Crippen LogP contribution in [-0.4, -0.2) is 43.7 Å². The minimum Gasteiger partial charge on any atom is -0.384 e. The summed E-state index contributed by atoms with van der Waals surface area (Å²) in [6.45, 7) is 0.600. The van der Waals surface area contributed by atoms with Crippen molar-refractivity contribution in [3.8, 4) is 11.4 Å². The standard InChI is InChI=1S/C25H27N5O4S/c26-22-16-21(25(12-14-34-15-13-25)35(32,33)20-4-2-1-3-5-20)29-23(30-22)17-6-8-18(9-7-17)27-24(31)28-19-10-11-19/h1-9,16,19H,10-15H2,(H2,26,29,30)(H2,27,28,31). The van der Waals surface area contributed by atoms with E-state index in [0.29, 0.717) is 36.0 Å². The SMILES string of the molecule is Nc1cc(C2(S(=O)(=O)c3ccccc3)CCOCC2)nc(-c2ccc(NC(=O)NC3CC3)cc2)n1. The molecule has 2 fully saturated rings. The Morgan fingerprint density at radius 1 is 1.00 bits per heavy atom. The number of anilines is 2. The van der Waals surface area contributed by atoms with Crippen LogP contribution in [0.1, 0.15) is 31.4 Å². The number of amides is 2. The predicted molar refractivity (Wildman–Crippen MR) is 132 cm³/mol. The molecule has 2 amide bonds. The number of nitrogens with one attached hydrogen (secondary N) is 2. The van der Waals surface area contributed by atoms with E-state index >= 15 is 0 Å². The number of sulfone groups is 1. The fourth-order valence-electron chi connectivity index (χ4n) is 4.30. The largest absolute Gasteiger partial charge is 0.384 e. The fourth-order valence-corrected chi connectivity index (χ4v) is 6.35. The maximum absolute atomic E-state index is 13.9. The molecule has 10 heteroatoms. The highest BCUT2D eigenvalue weighted by Crippen LogP contribution is 2.43. The van der Waals surface area contributed by atoms with E-state index in [0.717, 1.165) is 12.8 Å². The molecule has 0 radical (unpaired) electrons. The first-order chi connectivity index (χ1) is 16.9. The molecular weight excluding hydrogens is 466 g/mol. The van der Waals surface area contributed by atoms with Crippen LogP contribution >= 0.6 is 0 Å². The molecule has 35 heavy (non-hydrogen) atoms. The molecule has 0 bridgehead atoms. The Bertz CT molecular complexity index is 1320. The number of nitrogens with two attached hydrogens (primary N) is 1. The van der Waals surface area contributed by atoms with E-state index < -0.39 is 14.6 Å². The topological polar surface area (TPSA) is 136 Å². The summed E-state index contributed by atoms with van der Waals surface area (Å²) < 4.78 is 32.0. The second kappa shape index (κ2) is 9.27. The van der Waals surface area contributed by atoms with Gasteiger partial charge in [-0.2, -0.15) is 0 Å². The van der Waals surface area contributed by atoms with Crippen LogP contribution in [0.3, 0.4) is 0 Å². The van der Waals surface area contributed by atoms with Crippen molar-refractivity contribution in [3.05, 3.63) is 66.4 Å². The molecular formula is C25H27N5O4S. The average Bonchev–Trinajstić information content (AvgIpc) is 3.69. The van der Waals surface area contributed by atoms with Crippen LogP contribution < -0.4 is 16.4 Å². The molecule has 0 atom stereocenters. The number of urea groups is 1. The molecule has 182 valence electrons. The monoisotopic (exact) mass is 493 g/mol. The molecule has 1 aliphatic heterocycles. The molecule has 9 nitrogen and oxygen atoms in total. The van der Waals surface area contributed by atoms with Crippen LogP contribution in [-0.2, 0) is 19.3 Å². The third kappa shape index (κ3) is 4.71. The van der Waals surface area contributed by atoms with Crippen molar-refractivity contribution in [1.29, 1.82) is 0 Å². The number of carbonyl (C=O) groups excluding carboxylic acids is 1. The number of nitrogen functional groups attached to an aromatic ring is 1. The maximum atomic E-state index is 13.9. The fraction of sp³-hybridized carbons (Fsp3) is 0.320. The number of benzene rings is 2. The Hall–Kier alpha value is -3.50. The van der Waals surface area contributed by atoms with Crippen LogP contribution in [0.4, 0.5) is 16.3 Å². The van der Waals surface area contributed by atoms with Crippen LogP contribution in [0, 0.1) is 0 Å². The first kappa shape index (κ1) is 23.3. The third-order valence-electron chi connectivity index (χ3n) is 6.39. The highest BCUT2D eigenvalue weighted by molar-refractivity contribution is 7.92. The lowest BCUT2D eigenvalue weighted by atomic mass is 9.94. The molecule has 3 aromatic rings. The van der Waals surface area contributed by atoms with Crippen LogP contribution in [0.2, 0.25) is 0 Å². The number of nitrogens with zero attached hydrogens (tertiary/aromatic N) is 2. The van der Waals surface area contributed by atoms with E-state index in [1.54, 1.807) is 60.7 Å². The van der Waals surface area contributed by atoms with Gasteiger partial charge in [-0.05, 0) is 62.1 Å². The van der Waals surface area contributed by atoms with Gasteiger partial charge in [0.25, 0.3) is 0 Å². The lowest BCUT2D eigenvalue weighted by molar-refractivity contribution is 0.0730. The van der Waals surface area contributed by atoms with Gasteiger partial charge in [0.2, 0.25) is 0 Å². The van der Waals surface area contributed by atoms with Crippen molar-refractivity contribution < 1.29 is 17.9 Å². The summed E-state index contributed by atoms with van der Waals surface area (Å²) in [4.78, 5) is 21.3. The van der Waals surface area contributed by atoms with Crippen molar-refractivity contribution >= 4 is 27.4 Å². The number of hydrogen-bond acceptors (Lipinski definition) is 7. The van der Waals surface area contributed by atoms with E-state index in [9.17, 15) is 13.2 Å². The van der Waals surface area contributed by atoms with Gasteiger partial charge in [-0.25, -0.2) is 23.2 Å². The van der Waals surface area contributed by atoms with E-state index in [1.165, 1.54) is 0 Å². The summed E-state index contributed by atoms with van der Waals surface area (Å²) in [5.74, 6) is 0.508. The lowest BCUT2D eigenvalue weighted by Gasteiger charge is -2.36. The number of carbonyl (C=O) groups is 1. The molecule has 1 saturated carbocycles. The van der Waals surface area contributed by atoms with E-state index in [4.69, 9.17) is 15.5 Å². The van der Waals surface area contributed by atoms with Gasteiger partial charge in [-0.1, -0.05) is 18.2 Å². The van der Waals surface area contributed by atoms with Gasteiger partial charge >= 0.3 is 6.03 Å². The van der Waals surface area contributed by atoms with Crippen molar-refractivity contribution in [2.75, 3.05) is 24.3 Å². The van der Waals surface area contributed by atoms with Gasteiger partial charge in [0, 0.05) is 36.6 Å². The Morgan fingerprint density at radius 2 is 1.69 bits per heavy atom. The molecule has 1 aromatic heterocycles. The molecule has 1 aliphatic carbocycles. The molecule has 1 saturated heterocycles. The summed E-state index contributed by atoms with van der Waals surface area (Å²) in [5.41, 5.74) is 7.80. The third-order valence-corrected chi connectivity index (χ3v) is 8.93. The van der Waals surface area contributed by atoms with Crippen molar-refractivity contribution in [2.45, 2.75) is 41.4 Å². The summed E-state index contributed by atoms with van der Waals surface area (Å²) >= 11 is 0. The van der Waals surface area contributed by atoms with Crippen LogP contribution in [0.15, 0.2) is 65.6 Å². The van der Waals surface area contributed by atoms with E-state index in [1.807, 2.05) is 0 Å². The lowest BCUT2D eigenvalue weighted by Crippen LogP contribution is -2.42. The second-order valence-corrected chi connectivity index (χ2v) is 11.1. The summed E-state index contributed by atoms with van der Waals surface area (Å²) in [7, 11) is -3.80. The van der Waals surface area contributed by atoms with Gasteiger partial charge < -0.3 is 21.1 Å². The maximum Gasteiger partial charge on any atom is 0.319 e. The summed E-state index contributed by atoms with van der Waals surface area (Å²) in [6, 6.07) is 17.0. The Labute approximate surface area is 204 Å². The molecule has 5 rings (SSSR count). The van der Waals surface area contributed by atoms with E-state index in [2.05, 4.69) is 15.6 Å². The van der Waals surface area contributed by atoms with Gasteiger partial charge in [0.15, 0.2) is 15.7 Å². The van der Waals surface area contributed by atoms with Crippen LogP contribution in [0.5, 0.6) is 0 Å². The molecule has 2 aromatic carbocycles. The van der Waals surface area contributed by atoms with Gasteiger partial charge in [0.1, 0.15) is 10.6 Å². The zero-order valence-electron chi connectivity index (χ0n) is 19.1. The molecule has 2 heterocycles. The zero-order chi connectivity index (χ0) is 24.5. The van der Waals surface area contributed by atoms with Crippen molar-refractivity contribution in [2.24, 2.45) is 0 Å². The van der Waals surface area contributed by atoms with Gasteiger partial charge in [-0.15, -0.1) is 0 Å². The Balaban J connectivity index is 1.49. The Kier molecular flexibility index (Phi) is 6.16. The molecule has 0 spiro atoms. The minimum atomic E-state index is -3.80. The number of ether oxygens (including phenoxy) is 1. The summed E-state index contributed by atoms with van der Waals surface area (Å²) in [5, 5.41) is 5.68. The number of rotatable bonds is 6. The smallest absolute Gasteiger partial charge is 0.319 e. The quantitative estimate of drug-likeness (QED) is 0.478. The normalized spacial score (nSPS) is 17.5. The molecule has 2 aliphatic rings. The average molecular weight is 494 g/mol. The Morgan fingerprint density at radius 3 is 2.34 bits per heavy atom. The second-order valence-electron chi connectivity index (χ2n) is 8.87. The molecule has 0 unspecified atom stereocenters. The minimum absolute atomic E-state index is 0.185. The predicted octanol–water partition coefficient (Wildman–Crippen LogP) is 3.49. The zero-order valence-corrected chi connectivity index (χ0v) is 19.9. The first-order valence-electron chi connectivity index (χ1n) is 11.6. The van der Waals surface area contributed by atoms with Crippen molar-refractivity contribution in [1.82, 2.24) is 15.3 Å². The van der Waals surface area contributed by atoms with Gasteiger partial charge in [-0.3, -0.25) is 0 Å². The number of hydrogen-bond donors (Lipinski definition) is 3.